The molecule has 0 saturated carbocycles. The molecular weight excluding hydrogens is 310 g/mol. The molecule has 1 aromatic heterocycles. The predicted octanol–water partition coefficient (Wildman–Crippen LogP) is 3.26. The van der Waals surface area contributed by atoms with Gasteiger partial charge in [0.2, 0.25) is 0 Å². The molecule has 0 aliphatic carbocycles. The van der Waals surface area contributed by atoms with Crippen molar-refractivity contribution in [2.45, 2.75) is 11.8 Å². The topological polar surface area (TPSA) is 38.9 Å². The smallest absolute Gasteiger partial charge is 0.268 e. The Balaban J connectivity index is 3.23. The van der Waals surface area contributed by atoms with Crippen molar-refractivity contribution in [2.75, 3.05) is 5.73 Å². The molecule has 2 nitrogen and oxygen atoms in total. The van der Waals surface area contributed by atoms with E-state index in [4.69, 9.17) is 5.73 Å². The van der Waals surface area contributed by atoms with Crippen LogP contribution in [0.3, 0.4) is 0 Å². The van der Waals surface area contributed by atoms with Crippen LogP contribution < -0.4 is 5.73 Å². The molecule has 0 radical (unpaired) electrons. The van der Waals surface area contributed by atoms with Crippen molar-refractivity contribution < 1.29 is 8.78 Å². The first-order valence-corrected chi connectivity index (χ1v) is 5.26. The molecule has 0 spiro atoms. The lowest BCUT2D eigenvalue weighted by molar-refractivity contribution is 0.151. The van der Waals surface area contributed by atoms with Gasteiger partial charge in [0, 0.05) is 9.80 Å². The summed E-state index contributed by atoms with van der Waals surface area (Å²) in [6, 6.07) is 1.52. The summed E-state index contributed by atoms with van der Waals surface area (Å²) >= 11 is 6.18. The predicted molar refractivity (Wildman–Crippen MR) is 53.9 cm³/mol. The normalized spacial score (nSPS) is 10.8. The third kappa shape index (κ3) is 2.37. The van der Waals surface area contributed by atoms with Gasteiger partial charge in [0.1, 0.15) is 5.82 Å². The van der Waals surface area contributed by atoms with Crippen molar-refractivity contribution >= 4 is 37.7 Å². The van der Waals surface area contributed by atoms with Crippen LogP contribution in [0, 0.1) is 0 Å². The summed E-state index contributed by atoms with van der Waals surface area (Å²) in [5, 5.41) is 0.485. The molecule has 1 aromatic rings. The van der Waals surface area contributed by atoms with E-state index in [1.807, 2.05) is 0 Å². The fourth-order valence-corrected chi connectivity index (χ4v) is 1.81. The lowest BCUT2D eigenvalue weighted by atomic mass is 10.2. The molecule has 2 N–H and O–H groups in total. The second-order valence-corrected chi connectivity index (χ2v) is 3.74. The van der Waals surface area contributed by atoms with Gasteiger partial charge >= 0.3 is 0 Å². The zero-order valence-corrected chi connectivity index (χ0v) is 9.57. The number of anilines is 1. The molecule has 0 aliphatic heterocycles. The first-order valence-electron chi connectivity index (χ1n) is 3.35. The number of nitrogens with two attached hydrogens (primary N) is 1. The van der Waals surface area contributed by atoms with Crippen LogP contribution in [0.2, 0.25) is 0 Å². The summed E-state index contributed by atoms with van der Waals surface area (Å²) in [7, 11) is 0. The van der Waals surface area contributed by atoms with Crippen LogP contribution in [0.15, 0.2) is 10.5 Å². The Morgan fingerprint density at radius 2 is 2.15 bits per heavy atom. The number of hydrogen-bond donors (Lipinski definition) is 1. The van der Waals surface area contributed by atoms with Gasteiger partial charge in [-0.15, -0.1) is 0 Å². The van der Waals surface area contributed by atoms with Crippen LogP contribution >= 0.6 is 31.9 Å². The number of nitrogen functional groups attached to an aromatic ring is 1. The summed E-state index contributed by atoms with van der Waals surface area (Å²) in [5.74, 6) is -0.126. The highest BCUT2D eigenvalue weighted by molar-refractivity contribution is 9.10. The molecule has 1 rings (SSSR count). The zero-order chi connectivity index (χ0) is 10.0. The van der Waals surface area contributed by atoms with Crippen LogP contribution in [-0.4, -0.2) is 4.98 Å². The number of halogens is 4. The van der Waals surface area contributed by atoms with E-state index in [1.165, 1.54) is 6.07 Å². The number of aromatic nitrogens is 1. The average Bonchev–Trinajstić information content (AvgIpc) is 2.02. The van der Waals surface area contributed by atoms with Gasteiger partial charge in [0.05, 0.1) is 11.3 Å². The molecule has 0 bridgehead atoms. The van der Waals surface area contributed by atoms with Crippen LogP contribution in [0.5, 0.6) is 0 Å². The van der Waals surface area contributed by atoms with Crippen molar-refractivity contribution in [1.29, 1.82) is 0 Å². The second kappa shape index (κ2) is 4.32. The number of rotatable bonds is 2. The summed E-state index contributed by atoms with van der Waals surface area (Å²) < 4.78 is 25.0. The standard InChI is InChI=1S/C7H6Br2F2N2/c8-2-3-1-4(9)5(6(10)11)7(12)13-3/h1,6H,2H2,(H2,12,13). The summed E-state index contributed by atoms with van der Waals surface area (Å²) in [6.07, 6.45) is -2.61. The highest BCUT2D eigenvalue weighted by Crippen LogP contribution is 2.31. The summed E-state index contributed by atoms with van der Waals surface area (Å²) in [5.41, 5.74) is 5.73. The van der Waals surface area contributed by atoms with Gasteiger partial charge in [-0.1, -0.05) is 31.9 Å². The van der Waals surface area contributed by atoms with Crippen molar-refractivity contribution in [2.24, 2.45) is 0 Å². The van der Waals surface area contributed by atoms with Gasteiger partial charge in [-0.3, -0.25) is 0 Å². The van der Waals surface area contributed by atoms with Crippen molar-refractivity contribution in [3.63, 3.8) is 0 Å². The molecule has 13 heavy (non-hydrogen) atoms. The molecule has 6 heteroatoms. The van der Waals surface area contributed by atoms with Crippen LogP contribution in [-0.2, 0) is 5.33 Å². The average molecular weight is 316 g/mol. The Morgan fingerprint density at radius 1 is 1.54 bits per heavy atom. The third-order valence-corrected chi connectivity index (χ3v) is 2.68. The maximum absolute atomic E-state index is 12.4. The SMILES string of the molecule is Nc1nc(CBr)cc(Br)c1C(F)F. The van der Waals surface area contributed by atoms with Crippen LogP contribution in [0.4, 0.5) is 14.6 Å². The monoisotopic (exact) mass is 314 g/mol. The van der Waals surface area contributed by atoms with E-state index in [2.05, 4.69) is 36.8 Å². The molecule has 0 unspecified atom stereocenters. The summed E-state index contributed by atoms with van der Waals surface area (Å²) in [6.45, 7) is 0. The zero-order valence-electron chi connectivity index (χ0n) is 6.40. The Morgan fingerprint density at radius 3 is 2.54 bits per heavy atom. The first-order chi connectivity index (χ1) is 6.06. The quantitative estimate of drug-likeness (QED) is 0.851. The summed E-state index contributed by atoms with van der Waals surface area (Å²) in [4.78, 5) is 3.79. The fourth-order valence-electron chi connectivity index (χ4n) is 0.878. The van der Waals surface area contributed by atoms with Gasteiger partial charge in [-0.2, -0.15) is 0 Å². The molecule has 0 aromatic carbocycles. The maximum atomic E-state index is 12.4. The van der Waals surface area contributed by atoms with Gasteiger partial charge in [0.15, 0.2) is 0 Å². The van der Waals surface area contributed by atoms with E-state index in [0.29, 0.717) is 15.5 Å². The van der Waals surface area contributed by atoms with Crippen molar-refractivity contribution in [3.8, 4) is 0 Å². The van der Waals surface area contributed by atoms with Crippen LogP contribution in [0.25, 0.3) is 0 Å². The molecule has 0 saturated heterocycles. The largest absolute Gasteiger partial charge is 0.383 e. The molecule has 72 valence electrons. The molecule has 0 amide bonds. The molecule has 0 aliphatic rings. The lowest BCUT2D eigenvalue weighted by Gasteiger charge is -2.07. The van der Waals surface area contributed by atoms with Gasteiger partial charge in [-0.05, 0) is 6.07 Å². The van der Waals surface area contributed by atoms with Crippen molar-refractivity contribution in [3.05, 3.63) is 21.8 Å². The Bertz CT molecular complexity index is 294. The maximum Gasteiger partial charge on any atom is 0.268 e. The second-order valence-electron chi connectivity index (χ2n) is 2.33. The van der Waals surface area contributed by atoms with E-state index in [-0.39, 0.29) is 11.4 Å². The molecule has 1 heterocycles. The minimum Gasteiger partial charge on any atom is -0.383 e. The number of pyridine rings is 1. The van der Waals surface area contributed by atoms with E-state index < -0.39 is 6.43 Å². The highest BCUT2D eigenvalue weighted by Gasteiger charge is 2.17. The van der Waals surface area contributed by atoms with E-state index in [1.54, 1.807) is 0 Å². The van der Waals surface area contributed by atoms with E-state index in [9.17, 15) is 8.78 Å². The molecule has 0 atom stereocenters. The Kier molecular flexibility index (Phi) is 3.61. The fraction of sp³-hybridized carbons (Fsp3) is 0.286. The highest BCUT2D eigenvalue weighted by atomic mass is 79.9. The minimum atomic E-state index is -2.61. The van der Waals surface area contributed by atoms with E-state index >= 15 is 0 Å². The number of hydrogen-bond acceptors (Lipinski definition) is 2. The van der Waals surface area contributed by atoms with Crippen LogP contribution in [0.1, 0.15) is 17.7 Å². The number of nitrogens with zero attached hydrogens (tertiary/aromatic N) is 1. The van der Waals surface area contributed by atoms with Gasteiger partial charge in [-0.25, -0.2) is 13.8 Å². The van der Waals surface area contributed by atoms with E-state index in [0.717, 1.165) is 0 Å². The number of alkyl halides is 3. The van der Waals surface area contributed by atoms with Crippen molar-refractivity contribution in [1.82, 2.24) is 4.98 Å². The first kappa shape index (κ1) is 10.8. The molecular formula is C7H6Br2F2N2. The Labute approximate surface area is 90.8 Å². The third-order valence-electron chi connectivity index (χ3n) is 1.45. The lowest BCUT2D eigenvalue weighted by Crippen LogP contribution is -2.01. The molecule has 0 fully saturated rings. The van der Waals surface area contributed by atoms with Gasteiger partial charge in [0.25, 0.3) is 6.43 Å². The minimum absolute atomic E-state index is 0.126. The Hall–Kier alpha value is -0.230. The van der Waals surface area contributed by atoms with Gasteiger partial charge < -0.3 is 5.73 Å².